The highest BCUT2D eigenvalue weighted by atomic mass is 16.6. The molecule has 4 aliphatic carbocycles. The van der Waals surface area contributed by atoms with Crippen LogP contribution in [-0.4, -0.2) is 80.0 Å². The molecule has 40 heavy (non-hydrogen) atoms. The molecule has 0 radical (unpaired) electrons. The number of ketones is 2. The topological polar surface area (TPSA) is 160 Å². The number of hydrogen-bond donors (Lipinski definition) is 3. The fourth-order valence-corrected chi connectivity index (χ4v) is 9.54. The van der Waals surface area contributed by atoms with E-state index in [0.717, 1.165) is 5.57 Å². The first-order valence-corrected chi connectivity index (χ1v) is 14.2. The van der Waals surface area contributed by atoms with Crippen LogP contribution in [0.15, 0.2) is 23.3 Å². The molecule has 1 saturated heterocycles. The predicted octanol–water partition coefficient (Wildman–Crippen LogP) is 1.48. The number of cyclic esters (lactones) is 1. The van der Waals surface area contributed by atoms with Crippen molar-refractivity contribution in [1.82, 2.24) is 0 Å². The number of epoxide rings is 1. The van der Waals surface area contributed by atoms with Gasteiger partial charge in [0, 0.05) is 18.9 Å². The molecule has 6 rings (SSSR count). The number of carbonyl (C=O) groups is 4. The summed E-state index contributed by atoms with van der Waals surface area (Å²) in [5, 5.41) is 37.5. The largest absolute Gasteiger partial charge is 0.465 e. The van der Waals surface area contributed by atoms with Crippen LogP contribution in [-0.2, 0) is 33.4 Å². The van der Waals surface area contributed by atoms with Crippen molar-refractivity contribution in [2.24, 2.45) is 22.7 Å². The molecular formula is C30H38O10. The Kier molecular flexibility index (Phi) is 5.63. The zero-order valence-electron chi connectivity index (χ0n) is 23.6. The molecule has 10 atom stereocenters. The van der Waals surface area contributed by atoms with Gasteiger partial charge in [-0.2, -0.15) is 0 Å². The van der Waals surface area contributed by atoms with E-state index in [1.165, 1.54) is 26.0 Å². The molecule has 2 heterocycles. The number of rotatable bonds is 4. The van der Waals surface area contributed by atoms with Crippen LogP contribution in [0.5, 0.6) is 0 Å². The van der Waals surface area contributed by atoms with Crippen LogP contribution in [0.1, 0.15) is 73.1 Å². The molecule has 0 aromatic rings. The average Bonchev–Trinajstić information content (AvgIpc) is 3.58. The Labute approximate surface area is 232 Å². The molecule has 0 amide bonds. The Morgan fingerprint density at radius 1 is 1.10 bits per heavy atom. The van der Waals surface area contributed by atoms with Crippen molar-refractivity contribution in [1.29, 1.82) is 0 Å². The Balaban J connectivity index is 1.45. The van der Waals surface area contributed by atoms with Crippen LogP contribution in [0, 0.1) is 22.7 Å². The Morgan fingerprint density at radius 2 is 1.77 bits per heavy atom. The van der Waals surface area contributed by atoms with Gasteiger partial charge in [-0.15, -0.1) is 0 Å². The van der Waals surface area contributed by atoms with Crippen LogP contribution in [0.4, 0.5) is 0 Å². The summed E-state index contributed by atoms with van der Waals surface area (Å²) in [5.74, 6) is -2.70. The maximum atomic E-state index is 13.4. The van der Waals surface area contributed by atoms with Gasteiger partial charge >= 0.3 is 11.9 Å². The van der Waals surface area contributed by atoms with Gasteiger partial charge in [0.2, 0.25) is 0 Å². The van der Waals surface area contributed by atoms with E-state index in [0.29, 0.717) is 12.0 Å². The summed E-state index contributed by atoms with van der Waals surface area (Å²) in [6.07, 6.45) is 1.78. The van der Waals surface area contributed by atoms with Crippen LogP contribution < -0.4 is 0 Å². The van der Waals surface area contributed by atoms with Crippen LogP contribution in [0.2, 0.25) is 0 Å². The molecule has 3 N–H and O–H groups in total. The highest BCUT2D eigenvalue weighted by molar-refractivity contribution is 6.15. The maximum Gasteiger partial charge on any atom is 0.334 e. The van der Waals surface area contributed by atoms with E-state index in [4.69, 9.17) is 14.2 Å². The smallest absolute Gasteiger partial charge is 0.334 e. The maximum absolute atomic E-state index is 13.4. The molecule has 6 aliphatic rings. The Bertz CT molecular complexity index is 1300. The van der Waals surface area contributed by atoms with Gasteiger partial charge in [-0.25, -0.2) is 4.79 Å². The third-order valence-corrected chi connectivity index (χ3v) is 12.1. The van der Waals surface area contributed by atoms with Gasteiger partial charge in [0.15, 0.2) is 17.2 Å². The van der Waals surface area contributed by atoms with Gasteiger partial charge in [0.1, 0.15) is 23.9 Å². The molecule has 0 aromatic carbocycles. The summed E-state index contributed by atoms with van der Waals surface area (Å²) in [6.45, 7) is 7.44. The normalized spacial score (nSPS) is 48.9. The van der Waals surface area contributed by atoms with E-state index < -0.39 is 69.2 Å². The van der Waals surface area contributed by atoms with Gasteiger partial charge in [0.05, 0.1) is 22.5 Å². The minimum atomic E-state index is -2.03. The molecule has 4 fully saturated rings. The zero-order chi connectivity index (χ0) is 29.3. The first-order chi connectivity index (χ1) is 18.5. The lowest BCUT2D eigenvalue weighted by atomic mass is 9.42. The van der Waals surface area contributed by atoms with Crippen LogP contribution >= 0.6 is 0 Å². The summed E-state index contributed by atoms with van der Waals surface area (Å²) in [7, 11) is 0. The summed E-state index contributed by atoms with van der Waals surface area (Å²) in [5.41, 5.74) is -8.56. The molecule has 1 unspecified atom stereocenters. The second kappa shape index (κ2) is 8.12. The third-order valence-electron chi connectivity index (χ3n) is 12.1. The number of aliphatic hydroxyl groups is 3. The van der Waals surface area contributed by atoms with E-state index in [-0.39, 0.29) is 50.3 Å². The van der Waals surface area contributed by atoms with Crippen LogP contribution in [0.25, 0.3) is 0 Å². The molecule has 10 nitrogen and oxygen atoms in total. The number of carbonyl (C=O) groups excluding carboxylic acids is 4. The van der Waals surface area contributed by atoms with Crippen molar-refractivity contribution in [2.75, 3.05) is 6.61 Å². The second-order valence-corrected chi connectivity index (χ2v) is 13.4. The monoisotopic (exact) mass is 558 g/mol. The molecule has 3 saturated carbocycles. The summed E-state index contributed by atoms with van der Waals surface area (Å²) in [4.78, 5) is 51.2. The van der Waals surface area contributed by atoms with E-state index in [1.54, 1.807) is 20.8 Å². The fourth-order valence-electron chi connectivity index (χ4n) is 9.54. The molecule has 218 valence electrons. The van der Waals surface area contributed by atoms with Crippen molar-refractivity contribution in [2.45, 2.75) is 108 Å². The molecule has 0 aromatic heterocycles. The van der Waals surface area contributed by atoms with Crippen molar-refractivity contribution in [3.63, 3.8) is 0 Å². The number of fused-ring (bicyclic) bond motifs is 4. The molecule has 2 aliphatic heterocycles. The Hall–Kier alpha value is -2.40. The van der Waals surface area contributed by atoms with E-state index >= 15 is 0 Å². The first-order valence-electron chi connectivity index (χ1n) is 14.2. The molecule has 0 bridgehead atoms. The summed E-state index contributed by atoms with van der Waals surface area (Å²) < 4.78 is 17.2. The van der Waals surface area contributed by atoms with E-state index in [9.17, 15) is 34.5 Å². The van der Waals surface area contributed by atoms with Crippen LogP contribution in [0.3, 0.4) is 0 Å². The quantitative estimate of drug-likeness (QED) is 0.341. The zero-order valence-corrected chi connectivity index (χ0v) is 23.6. The number of esters is 2. The van der Waals surface area contributed by atoms with Gasteiger partial charge < -0.3 is 29.5 Å². The fraction of sp³-hybridized carbons (Fsp3) is 0.733. The number of ether oxygens (including phenoxy) is 3. The van der Waals surface area contributed by atoms with Gasteiger partial charge in [-0.1, -0.05) is 5.57 Å². The SMILES string of the molecule is CC(=O)OC[C@]12CC[C@H]3[C@@H](C[C@H]4O[C@]45C(=O)C=CC(=O)[C@]35C)[C@]1(O)CC[C@@]2(O)[C@@](C)(O)C1CC(C)=C(C)C(=O)O1. The molecule has 10 heteroatoms. The minimum Gasteiger partial charge on any atom is -0.465 e. The van der Waals surface area contributed by atoms with Crippen molar-refractivity contribution in [3.8, 4) is 0 Å². The lowest BCUT2D eigenvalue weighted by molar-refractivity contribution is -0.296. The van der Waals surface area contributed by atoms with E-state index in [2.05, 4.69) is 0 Å². The third kappa shape index (κ3) is 2.93. The van der Waals surface area contributed by atoms with Crippen molar-refractivity contribution < 1.29 is 48.7 Å². The first kappa shape index (κ1) is 27.8. The van der Waals surface area contributed by atoms with Crippen molar-refractivity contribution >= 4 is 23.5 Å². The second-order valence-electron chi connectivity index (χ2n) is 13.4. The average molecular weight is 559 g/mol. The molecule has 1 spiro atoms. The summed E-state index contributed by atoms with van der Waals surface area (Å²) >= 11 is 0. The number of hydrogen-bond acceptors (Lipinski definition) is 10. The van der Waals surface area contributed by atoms with E-state index in [1.807, 2.05) is 0 Å². The van der Waals surface area contributed by atoms with Gasteiger partial charge in [0.25, 0.3) is 0 Å². The van der Waals surface area contributed by atoms with Gasteiger partial charge in [-0.3, -0.25) is 14.4 Å². The lowest BCUT2D eigenvalue weighted by Gasteiger charge is -2.63. The Morgan fingerprint density at radius 3 is 2.42 bits per heavy atom. The number of allylic oxidation sites excluding steroid dienone is 1. The lowest BCUT2D eigenvalue weighted by Crippen LogP contribution is -2.75. The van der Waals surface area contributed by atoms with Crippen molar-refractivity contribution in [3.05, 3.63) is 23.3 Å². The highest BCUT2D eigenvalue weighted by Gasteiger charge is 2.85. The van der Waals surface area contributed by atoms with Gasteiger partial charge in [-0.05, 0) is 83.8 Å². The predicted molar refractivity (Wildman–Crippen MR) is 137 cm³/mol. The standard InChI is InChI=1S/C30H38O10/c1-15-12-22(39-24(34)16(15)2)26(5,35)29(37)11-10-28(36)19-13-23-30(40-23)21(33)7-6-20(32)25(30,4)18(19)8-9-27(28,29)14-38-17(3)31/h6-7,18-19,22-23,35-37H,8-14H2,1-5H3/t18-,19+,22?,23+,25-,26-,27+,28+,29+,30+/m0/s1. The highest BCUT2D eigenvalue weighted by Crippen LogP contribution is 2.74. The minimum absolute atomic E-state index is 0.0460. The summed E-state index contributed by atoms with van der Waals surface area (Å²) in [6, 6.07) is 0. The molecular weight excluding hydrogens is 520 g/mol.